The number of unbranched alkanes of at least 4 members (excludes halogenated alkanes) is 1. The molecule has 0 bridgehead atoms. The quantitative estimate of drug-likeness (QED) is 0.730. The predicted octanol–water partition coefficient (Wildman–Crippen LogP) is 3.09. The van der Waals surface area contributed by atoms with Gasteiger partial charge >= 0.3 is 5.97 Å². The fraction of sp³-hybridized carbons (Fsp3) is 0.458. The fourth-order valence-corrected chi connectivity index (χ4v) is 5.00. The highest BCUT2D eigenvalue weighted by Gasteiger charge is 2.63. The van der Waals surface area contributed by atoms with Crippen LogP contribution in [-0.4, -0.2) is 30.8 Å². The number of allylic oxidation sites excluding steroid dienone is 1. The van der Waals surface area contributed by atoms with Gasteiger partial charge in [-0.25, -0.2) is 4.79 Å². The van der Waals surface area contributed by atoms with Crippen LogP contribution in [0.2, 0.25) is 0 Å². The van der Waals surface area contributed by atoms with Gasteiger partial charge in [-0.2, -0.15) is 0 Å². The summed E-state index contributed by atoms with van der Waals surface area (Å²) in [5, 5.41) is 0. The number of ketones is 1. The van der Waals surface area contributed by atoms with E-state index in [1.807, 2.05) is 32.0 Å². The number of fused-ring (bicyclic) bond motifs is 3. The predicted molar refractivity (Wildman–Crippen MR) is 115 cm³/mol. The smallest absolute Gasteiger partial charge is 0.341 e. The van der Waals surface area contributed by atoms with Gasteiger partial charge in [0.15, 0.2) is 5.78 Å². The minimum Gasteiger partial charge on any atom is -0.462 e. The summed E-state index contributed by atoms with van der Waals surface area (Å²) in [6.45, 7) is 6.28. The number of amides is 1. The van der Waals surface area contributed by atoms with Gasteiger partial charge in [0.2, 0.25) is 11.8 Å². The van der Waals surface area contributed by atoms with Crippen LogP contribution in [0.15, 0.2) is 47.1 Å². The highest BCUT2D eigenvalue weighted by Crippen LogP contribution is 2.56. The summed E-state index contributed by atoms with van der Waals surface area (Å²) in [4.78, 5) is 42.4. The van der Waals surface area contributed by atoms with Crippen LogP contribution < -0.4 is 10.6 Å². The van der Waals surface area contributed by atoms with Gasteiger partial charge < -0.3 is 20.1 Å². The van der Waals surface area contributed by atoms with Gasteiger partial charge in [-0.15, -0.1) is 0 Å². The molecule has 0 saturated heterocycles. The summed E-state index contributed by atoms with van der Waals surface area (Å²) in [6.07, 6.45) is 2.45. The molecule has 7 nitrogen and oxygen atoms in total. The molecule has 2 atom stereocenters. The Morgan fingerprint density at radius 2 is 2.00 bits per heavy atom. The summed E-state index contributed by atoms with van der Waals surface area (Å²) < 4.78 is 11.1. The van der Waals surface area contributed by atoms with Gasteiger partial charge in [-0.1, -0.05) is 38.5 Å². The average molecular weight is 424 g/mol. The van der Waals surface area contributed by atoms with Crippen molar-refractivity contribution < 1.29 is 23.9 Å². The van der Waals surface area contributed by atoms with E-state index in [1.54, 1.807) is 17.9 Å². The third-order valence-electron chi connectivity index (χ3n) is 6.23. The summed E-state index contributed by atoms with van der Waals surface area (Å²) in [5.74, 6) is -0.994. The first kappa shape index (κ1) is 21.2. The van der Waals surface area contributed by atoms with Crippen LogP contribution in [0, 0.1) is 5.92 Å². The van der Waals surface area contributed by atoms with Crippen molar-refractivity contribution in [3.8, 4) is 0 Å². The average Bonchev–Trinajstić information content (AvgIpc) is 2.95. The van der Waals surface area contributed by atoms with E-state index in [0.29, 0.717) is 30.0 Å². The number of esters is 1. The third-order valence-corrected chi connectivity index (χ3v) is 6.23. The number of anilines is 1. The second-order valence-corrected chi connectivity index (χ2v) is 8.37. The molecule has 2 heterocycles. The molecule has 4 rings (SSSR count). The molecule has 2 N–H and O–H groups in total. The third kappa shape index (κ3) is 2.98. The summed E-state index contributed by atoms with van der Waals surface area (Å²) in [6, 6.07) is 7.30. The van der Waals surface area contributed by atoms with Crippen LogP contribution in [0.4, 0.5) is 5.69 Å². The molecular formula is C24H28N2O5. The van der Waals surface area contributed by atoms with Gasteiger partial charge in [-0.3, -0.25) is 9.59 Å². The topological polar surface area (TPSA) is 98.9 Å². The molecule has 0 saturated carbocycles. The van der Waals surface area contributed by atoms with Crippen LogP contribution in [-0.2, 0) is 29.3 Å². The lowest BCUT2D eigenvalue weighted by Crippen LogP contribution is -2.51. The van der Waals surface area contributed by atoms with Gasteiger partial charge in [0.05, 0.1) is 12.2 Å². The van der Waals surface area contributed by atoms with Crippen molar-refractivity contribution in [2.75, 3.05) is 18.1 Å². The van der Waals surface area contributed by atoms with Gasteiger partial charge in [0.1, 0.15) is 16.7 Å². The highest BCUT2D eigenvalue weighted by molar-refractivity contribution is 6.23. The van der Waals surface area contributed by atoms with E-state index in [0.717, 1.165) is 12.8 Å². The maximum atomic E-state index is 14.2. The summed E-state index contributed by atoms with van der Waals surface area (Å²) in [5.41, 5.74) is 6.05. The van der Waals surface area contributed by atoms with Crippen molar-refractivity contribution in [2.45, 2.75) is 51.9 Å². The zero-order chi connectivity index (χ0) is 22.3. The molecule has 0 unspecified atom stereocenters. The van der Waals surface area contributed by atoms with Gasteiger partial charge in [-0.05, 0) is 25.3 Å². The van der Waals surface area contributed by atoms with Gasteiger partial charge in [0.25, 0.3) is 0 Å². The molecule has 0 fully saturated rings. The molecule has 0 radical (unpaired) electrons. The number of hydrogen-bond acceptors (Lipinski definition) is 6. The van der Waals surface area contributed by atoms with E-state index in [2.05, 4.69) is 0 Å². The number of carbonyl (C=O) groups is 3. The molecule has 0 aromatic heterocycles. The van der Waals surface area contributed by atoms with Crippen LogP contribution in [0.3, 0.4) is 0 Å². The Balaban J connectivity index is 2.04. The summed E-state index contributed by atoms with van der Waals surface area (Å²) in [7, 11) is 0. The maximum absolute atomic E-state index is 14.2. The number of rotatable bonds is 5. The Morgan fingerprint density at radius 1 is 1.26 bits per heavy atom. The lowest BCUT2D eigenvalue weighted by Gasteiger charge is -2.40. The van der Waals surface area contributed by atoms with Crippen molar-refractivity contribution in [3.05, 3.63) is 52.6 Å². The Hall–Kier alpha value is -3.09. The van der Waals surface area contributed by atoms with Crippen molar-refractivity contribution in [2.24, 2.45) is 11.7 Å². The van der Waals surface area contributed by atoms with Crippen LogP contribution in [0.5, 0.6) is 0 Å². The number of nitrogens with two attached hydrogens (primary N) is 1. The zero-order valence-electron chi connectivity index (χ0n) is 18.2. The van der Waals surface area contributed by atoms with Crippen LogP contribution >= 0.6 is 0 Å². The van der Waals surface area contributed by atoms with Crippen molar-refractivity contribution >= 4 is 23.3 Å². The van der Waals surface area contributed by atoms with E-state index in [4.69, 9.17) is 15.2 Å². The molecular weight excluding hydrogens is 396 g/mol. The lowest BCUT2D eigenvalue weighted by molar-refractivity contribution is -0.141. The molecule has 2 aliphatic heterocycles. The number of hydrogen-bond donors (Lipinski definition) is 1. The first-order valence-electron chi connectivity index (χ1n) is 10.9. The molecule has 3 aliphatic rings. The highest BCUT2D eigenvalue weighted by atomic mass is 16.5. The molecule has 1 amide bonds. The van der Waals surface area contributed by atoms with Crippen LogP contribution in [0.1, 0.15) is 52.0 Å². The van der Waals surface area contributed by atoms with E-state index in [9.17, 15) is 14.4 Å². The molecule has 31 heavy (non-hydrogen) atoms. The summed E-state index contributed by atoms with van der Waals surface area (Å²) >= 11 is 0. The molecule has 1 aromatic carbocycles. The monoisotopic (exact) mass is 424 g/mol. The van der Waals surface area contributed by atoms with Gasteiger partial charge in [0, 0.05) is 30.6 Å². The number of Topliss-reactive ketones (excluding diaryl/α,β-unsaturated/α-hetero) is 1. The van der Waals surface area contributed by atoms with Crippen molar-refractivity contribution in [3.63, 3.8) is 0 Å². The largest absolute Gasteiger partial charge is 0.462 e. The zero-order valence-corrected chi connectivity index (χ0v) is 18.2. The SMILES string of the molecule is CCCCN1C(=O)[C@@]2(C(C(=O)OCC)=C(N)OC3=C2C(=O)C[C@H](C)C3)c2ccccc21. The Morgan fingerprint density at radius 3 is 2.71 bits per heavy atom. The van der Waals surface area contributed by atoms with E-state index in [-0.39, 0.29) is 47.7 Å². The minimum absolute atomic E-state index is 0.0585. The standard InChI is InChI=1S/C24H28N2O5/c1-4-6-11-26-16-10-8-7-9-15(16)24(23(26)29)19-17(27)12-14(3)13-18(19)31-21(25)20(24)22(28)30-5-2/h7-10,14H,4-6,11-13,25H2,1-3H3/t14-,24-/m0/s1. The molecule has 1 aliphatic carbocycles. The molecule has 7 heteroatoms. The fourth-order valence-electron chi connectivity index (χ4n) is 5.00. The first-order valence-corrected chi connectivity index (χ1v) is 10.9. The number of carbonyl (C=O) groups excluding carboxylic acids is 3. The minimum atomic E-state index is -1.63. The van der Waals surface area contributed by atoms with E-state index in [1.165, 1.54) is 0 Å². The second-order valence-electron chi connectivity index (χ2n) is 8.37. The van der Waals surface area contributed by atoms with Crippen molar-refractivity contribution in [1.29, 1.82) is 0 Å². The van der Waals surface area contributed by atoms with Crippen LogP contribution in [0.25, 0.3) is 0 Å². The molecule has 164 valence electrons. The maximum Gasteiger partial charge on any atom is 0.341 e. The number of ether oxygens (including phenoxy) is 2. The van der Waals surface area contributed by atoms with Crippen molar-refractivity contribution in [1.82, 2.24) is 0 Å². The molecule has 1 spiro atoms. The first-order chi connectivity index (χ1) is 14.9. The second kappa shape index (κ2) is 7.87. The Labute approximate surface area is 181 Å². The number of nitrogens with zero attached hydrogens (tertiary/aromatic N) is 1. The number of benzene rings is 1. The Kier molecular flexibility index (Phi) is 5.37. The lowest BCUT2D eigenvalue weighted by atomic mass is 9.64. The van der Waals surface area contributed by atoms with E-state index < -0.39 is 11.4 Å². The normalized spacial score (nSPS) is 25.0. The number of para-hydroxylation sites is 1. The van der Waals surface area contributed by atoms with E-state index >= 15 is 0 Å². The molecule has 1 aromatic rings. The Bertz CT molecular complexity index is 1020.